The number of carbonyl (C=O) groups excluding carboxylic acids is 1. The zero-order valence-electron chi connectivity index (χ0n) is 20.9. The van der Waals surface area contributed by atoms with E-state index >= 15 is 0 Å². The van der Waals surface area contributed by atoms with Gasteiger partial charge in [0.15, 0.2) is 0 Å². The minimum Gasteiger partial charge on any atom is -0.460 e. The molecule has 0 N–H and O–H groups in total. The Hall–Kier alpha value is -4.64. The first kappa shape index (κ1) is 24.1. The molecule has 5 heteroatoms. The van der Waals surface area contributed by atoms with E-state index in [1.807, 2.05) is 66.7 Å². The average Bonchev–Trinajstić information content (AvgIpc) is 2.89. The van der Waals surface area contributed by atoms with Crippen molar-refractivity contribution in [3.05, 3.63) is 119 Å². The first-order valence-corrected chi connectivity index (χ1v) is 12.0. The molecule has 0 spiro atoms. The van der Waals surface area contributed by atoms with E-state index in [2.05, 4.69) is 20.8 Å². The molecule has 0 saturated heterocycles. The third kappa shape index (κ3) is 5.31. The van der Waals surface area contributed by atoms with Crippen LogP contribution in [0.25, 0.3) is 27.8 Å². The molecule has 0 atom stereocenters. The summed E-state index contributed by atoms with van der Waals surface area (Å²) in [5.74, 6) is 0.366. The van der Waals surface area contributed by atoms with Crippen LogP contribution < -0.4 is 14.9 Å². The molecule has 0 saturated carbocycles. The maximum atomic E-state index is 13.0. The van der Waals surface area contributed by atoms with E-state index in [0.29, 0.717) is 16.7 Å². The average molecular weight is 491 g/mol. The molecule has 0 unspecified atom stereocenters. The summed E-state index contributed by atoms with van der Waals surface area (Å²) in [6.07, 6.45) is 4.38. The summed E-state index contributed by atoms with van der Waals surface area (Å²) in [7, 11) is 0. The zero-order chi connectivity index (χ0) is 26.0. The molecule has 0 fully saturated rings. The molecule has 5 aromatic rings. The Balaban J connectivity index is 1.31. The van der Waals surface area contributed by atoms with E-state index in [1.165, 1.54) is 24.0 Å². The topological polar surface area (TPSA) is 65.7 Å². The fourth-order valence-corrected chi connectivity index (χ4v) is 4.08. The summed E-state index contributed by atoms with van der Waals surface area (Å²) in [5.41, 5.74) is 2.09. The van der Waals surface area contributed by atoms with E-state index in [1.54, 1.807) is 18.2 Å². The predicted molar refractivity (Wildman–Crippen MR) is 146 cm³/mol. The van der Waals surface area contributed by atoms with Gasteiger partial charge in [-0.3, -0.25) is 4.79 Å². The predicted octanol–water partition coefficient (Wildman–Crippen LogP) is 7.65. The van der Waals surface area contributed by atoms with Gasteiger partial charge < -0.3 is 13.9 Å². The Bertz CT molecular complexity index is 1680. The highest BCUT2D eigenvalue weighted by Gasteiger charge is 2.15. The Labute approximate surface area is 214 Å². The Kier molecular flexibility index (Phi) is 6.36. The molecular weight excluding hydrogens is 464 g/mol. The normalized spacial score (nSPS) is 11.8. The highest BCUT2D eigenvalue weighted by Crippen LogP contribution is 2.28. The first-order valence-electron chi connectivity index (χ1n) is 12.0. The van der Waals surface area contributed by atoms with Crippen LogP contribution in [0, 0.1) is 0 Å². The number of hydrogen-bond acceptors (Lipinski definition) is 5. The second kappa shape index (κ2) is 9.78. The molecule has 1 aromatic heterocycles. The van der Waals surface area contributed by atoms with Crippen LogP contribution in [0.2, 0.25) is 0 Å². The summed E-state index contributed by atoms with van der Waals surface area (Å²) < 4.78 is 16.9. The monoisotopic (exact) mass is 490 g/mol. The van der Waals surface area contributed by atoms with Crippen molar-refractivity contribution in [3.8, 4) is 17.2 Å². The molecule has 0 aliphatic heterocycles. The van der Waals surface area contributed by atoms with Gasteiger partial charge in [0.1, 0.15) is 23.3 Å². The Morgan fingerprint density at radius 2 is 1.57 bits per heavy atom. The van der Waals surface area contributed by atoms with Gasteiger partial charge in [-0.05, 0) is 57.7 Å². The Morgan fingerprint density at radius 1 is 0.838 bits per heavy atom. The van der Waals surface area contributed by atoms with Crippen LogP contribution in [0.5, 0.6) is 17.2 Å². The van der Waals surface area contributed by atoms with Gasteiger partial charge in [0.2, 0.25) is 11.2 Å². The molecule has 5 nitrogen and oxygen atoms in total. The van der Waals surface area contributed by atoms with Crippen LogP contribution in [0.15, 0.2) is 106 Å². The number of ether oxygens (including phenoxy) is 2. The van der Waals surface area contributed by atoms with Crippen molar-refractivity contribution in [2.75, 3.05) is 0 Å². The van der Waals surface area contributed by atoms with E-state index in [9.17, 15) is 9.59 Å². The van der Waals surface area contributed by atoms with Crippen molar-refractivity contribution < 1.29 is 18.7 Å². The molecule has 37 heavy (non-hydrogen) atoms. The minimum atomic E-state index is -0.534. The summed E-state index contributed by atoms with van der Waals surface area (Å²) in [4.78, 5) is 25.4. The van der Waals surface area contributed by atoms with Crippen LogP contribution in [-0.4, -0.2) is 5.97 Å². The number of carbonyl (C=O) groups is 1. The van der Waals surface area contributed by atoms with Crippen molar-refractivity contribution in [2.45, 2.75) is 26.2 Å². The standard InChI is InChI=1S/C32H26O5/c1-32(2,3)23-12-14-24(15-13-23)36-29-20-35-28-19-25(16-17-27(28)31(29)34)37-30(33)18-11-22-9-6-8-21-7-4-5-10-26(21)22/h4-20H,1-3H3/b18-11+. The molecular formula is C32H26O5. The highest BCUT2D eigenvalue weighted by atomic mass is 16.5. The van der Waals surface area contributed by atoms with Crippen LogP contribution >= 0.6 is 0 Å². The second-order valence-electron chi connectivity index (χ2n) is 9.79. The van der Waals surface area contributed by atoms with Gasteiger partial charge in [-0.2, -0.15) is 0 Å². The van der Waals surface area contributed by atoms with Crippen LogP contribution in [0.4, 0.5) is 0 Å². The van der Waals surface area contributed by atoms with E-state index < -0.39 is 5.97 Å². The van der Waals surface area contributed by atoms with Gasteiger partial charge in [-0.25, -0.2) is 4.79 Å². The van der Waals surface area contributed by atoms with Gasteiger partial charge in [-0.15, -0.1) is 0 Å². The van der Waals surface area contributed by atoms with Gasteiger partial charge in [-0.1, -0.05) is 75.4 Å². The lowest BCUT2D eigenvalue weighted by atomic mass is 9.87. The van der Waals surface area contributed by atoms with Crippen LogP contribution in [-0.2, 0) is 10.2 Å². The molecule has 0 aliphatic carbocycles. The molecule has 0 bridgehead atoms. The number of hydrogen-bond donors (Lipinski definition) is 0. The highest BCUT2D eigenvalue weighted by molar-refractivity contribution is 5.95. The quantitative estimate of drug-likeness (QED) is 0.144. The number of benzene rings is 4. The summed E-state index contributed by atoms with van der Waals surface area (Å²) in [6, 6.07) is 26.1. The lowest BCUT2D eigenvalue weighted by Crippen LogP contribution is -2.10. The van der Waals surface area contributed by atoms with Gasteiger partial charge in [0.05, 0.1) is 5.39 Å². The third-order valence-electron chi connectivity index (χ3n) is 6.10. The van der Waals surface area contributed by atoms with Crippen LogP contribution in [0.1, 0.15) is 31.9 Å². The third-order valence-corrected chi connectivity index (χ3v) is 6.10. The summed E-state index contributed by atoms with van der Waals surface area (Å²) in [6.45, 7) is 6.40. The lowest BCUT2D eigenvalue weighted by Gasteiger charge is -2.19. The Morgan fingerprint density at radius 3 is 2.35 bits per heavy atom. The molecule has 1 heterocycles. The number of rotatable bonds is 5. The first-order chi connectivity index (χ1) is 17.8. The molecule has 4 aromatic carbocycles. The largest absolute Gasteiger partial charge is 0.460 e. The van der Waals surface area contributed by atoms with E-state index in [-0.39, 0.29) is 22.3 Å². The summed E-state index contributed by atoms with van der Waals surface area (Å²) in [5, 5.41) is 2.47. The van der Waals surface area contributed by atoms with Gasteiger partial charge in [0.25, 0.3) is 0 Å². The maximum Gasteiger partial charge on any atom is 0.336 e. The fraction of sp³-hybridized carbons (Fsp3) is 0.125. The number of esters is 1. The lowest BCUT2D eigenvalue weighted by molar-refractivity contribution is -0.128. The van der Waals surface area contributed by atoms with Gasteiger partial charge in [0, 0.05) is 12.1 Å². The van der Waals surface area contributed by atoms with Crippen molar-refractivity contribution in [1.82, 2.24) is 0 Å². The van der Waals surface area contributed by atoms with Crippen molar-refractivity contribution in [2.24, 2.45) is 0 Å². The second-order valence-corrected chi connectivity index (χ2v) is 9.79. The van der Waals surface area contributed by atoms with E-state index in [4.69, 9.17) is 13.9 Å². The van der Waals surface area contributed by atoms with Crippen LogP contribution in [0.3, 0.4) is 0 Å². The SMILES string of the molecule is CC(C)(C)c1ccc(Oc2coc3cc(OC(=O)/C=C/c4cccc5ccccc45)ccc3c2=O)cc1. The zero-order valence-corrected chi connectivity index (χ0v) is 20.9. The fourth-order valence-electron chi connectivity index (χ4n) is 4.08. The number of fused-ring (bicyclic) bond motifs is 2. The van der Waals surface area contributed by atoms with Crippen molar-refractivity contribution >= 4 is 33.8 Å². The maximum absolute atomic E-state index is 13.0. The molecule has 0 amide bonds. The summed E-state index contributed by atoms with van der Waals surface area (Å²) >= 11 is 0. The van der Waals surface area contributed by atoms with Gasteiger partial charge >= 0.3 is 5.97 Å². The van der Waals surface area contributed by atoms with E-state index in [0.717, 1.165) is 16.3 Å². The molecule has 184 valence electrons. The smallest absolute Gasteiger partial charge is 0.336 e. The van der Waals surface area contributed by atoms with Crippen molar-refractivity contribution in [3.63, 3.8) is 0 Å². The molecule has 0 aliphatic rings. The molecule has 5 rings (SSSR count). The minimum absolute atomic E-state index is 0.0212. The van der Waals surface area contributed by atoms with Crippen molar-refractivity contribution in [1.29, 1.82) is 0 Å². The molecule has 0 radical (unpaired) electrons.